The molecule has 13 heteroatoms. The summed E-state index contributed by atoms with van der Waals surface area (Å²) in [6.07, 6.45) is 2.98. The van der Waals surface area contributed by atoms with Crippen LogP contribution in [0.15, 0.2) is 53.5 Å². The molecule has 0 aliphatic carbocycles. The molecule has 5 N–H and O–H groups in total. The minimum atomic E-state index is -1.24. The molecular formula is C27H32N6O7. The largest absolute Gasteiger partial charge is 0.464 e. The van der Waals surface area contributed by atoms with E-state index in [1.54, 1.807) is 12.1 Å². The lowest BCUT2D eigenvalue weighted by atomic mass is 10.0. The number of methoxy groups -OCH3 is 1. The van der Waals surface area contributed by atoms with Crippen molar-refractivity contribution in [2.75, 3.05) is 12.4 Å². The molecule has 0 aliphatic heterocycles. The van der Waals surface area contributed by atoms with Crippen LogP contribution in [0.2, 0.25) is 0 Å². The van der Waals surface area contributed by atoms with Gasteiger partial charge >= 0.3 is 12.2 Å². The number of anilines is 1. The zero-order valence-corrected chi connectivity index (χ0v) is 22.4. The normalized spacial score (nSPS) is 12.0. The van der Waals surface area contributed by atoms with Gasteiger partial charge in [0.15, 0.2) is 0 Å². The molecule has 0 saturated carbocycles. The third-order valence-corrected chi connectivity index (χ3v) is 5.95. The number of nitrogens with two attached hydrogens (primary N) is 1. The maximum atomic E-state index is 13.2. The third-order valence-electron chi connectivity index (χ3n) is 5.95. The van der Waals surface area contributed by atoms with Gasteiger partial charge in [0.1, 0.15) is 17.6 Å². The van der Waals surface area contributed by atoms with Crippen LogP contribution in [-0.4, -0.2) is 56.4 Å². The predicted octanol–water partition coefficient (Wildman–Crippen LogP) is 2.46. The number of nitrogens with zero attached hydrogens (tertiary/aromatic N) is 3. The molecule has 0 radical (unpaired) electrons. The number of ether oxygens (including phenoxy) is 1. The molecule has 212 valence electrons. The zero-order valence-electron chi connectivity index (χ0n) is 22.4. The van der Waals surface area contributed by atoms with E-state index in [0.29, 0.717) is 23.4 Å². The van der Waals surface area contributed by atoms with Crippen molar-refractivity contribution < 1.29 is 29.0 Å². The molecular weight excluding hydrogens is 520 g/mol. The van der Waals surface area contributed by atoms with Crippen molar-refractivity contribution >= 4 is 40.7 Å². The van der Waals surface area contributed by atoms with E-state index in [1.165, 1.54) is 29.0 Å². The Labute approximate surface area is 229 Å². The fraction of sp³-hybridized carbons (Fsp3) is 0.333. The first kappa shape index (κ1) is 29.6. The van der Waals surface area contributed by atoms with E-state index >= 15 is 0 Å². The van der Waals surface area contributed by atoms with Crippen molar-refractivity contribution in [2.24, 2.45) is 11.7 Å². The van der Waals surface area contributed by atoms with Crippen LogP contribution < -0.4 is 21.9 Å². The van der Waals surface area contributed by atoms with Crippen LogP contribution in [0.4, 0.5) is 15.3 Å². The van der Waals surface area contributed by atoms with Gasteiger partial charge in [0, 0.05) is 6.20 Å². The van der Waals surface area contributed by atoms with Crippen molar-refractivity contribution in [1.29, 1.82) is 0 Å². The maximum absolute atomic E-state index is 13.2. The number of para-hydroxylation sites is 1. The van der Waals surface area contributed by atoms with Gasteiger partial charge in [-0.1, -0.05) is 32.1 Å². The first-order valence-corrected chi connectivity index (χ1v) is 12.5. The molecule has 2 heterocycles. The number of pyridine rings is 1. The Morgan fingerprint density at radius 2 is 1.93 bits per heavy atom. The molecule has 1 atom stereocenters. The molecule has 13 nitrogen and oxygen atoms in total. The second-order valence-corrected chi connectivity index (χ2v) is 9.44. The van der Waals surface area contributed by atoms with Gasteiger partial charge in [0.25, 0.3) is 5.56 Å². The topological polar surface area (TPSA) is 188 Å². The van der Waals surface area contributed by atoms with Gasteiger partial charge in [0.05, 0.1) is 24.7 Å². The lowest BCUT2D eigenvalue weighted by Gasteiger charge is -2.17. The number of carbonyl (C=O) groups is 4. The van der Waals surface area contributed by atoms with E-state index in [9.17, 15) is 29.1 Å². The Hall–Kier alpha value is -4.94. The highest BCUT2D eigenvalue weighted by molar-refractivity contribution is 5.96. The monoisotopic (exact) mass is 552 g/mol. The third kappa shape index (κ3) is 7.34. The van der Waals surface area contributed by atoms with Crippen molar-refractivity contribution in [1.82, 2.24) is 19.4 Å². The van der Waals surface area contributed by atoms with Crippen molar-refractivity contribution in [3.8, 4) is 0 Å². The number of rotatable bonds is 11. The standard InChI is InChI=1S/C27H32N6O7/c1-16(2)14-17-8-6-11-20-23(17)31-22(33(20)27(38)39)15-32-13-7-10-19(25(32)36)29-24(35)18(30-26(37)40-3)9-4-5-12-21(28)34/h5-8,10-13,16,18H,4,9,14-15H2,1-3H3,(H2,28,34)(H,29,35)(H,30,37)(H,38,39). The highest BCUT2D eigenvalue weighted by Gasteiger charge is 2.23. The summed E-state index contributed by atoms with van der Waals surface area (Å²) >= 11 is 0. The number of benzene rings is 1. The zero-order chi connectivity index (χ0) is 29.4. The summed E-state index contributed by atoms with van der Waals surface area (Å²) in [6, 6.07) is 7.16. The Balaban J connectivity index is 1.89. The van der Waals surface area contributed by atoms with Gasteiger partial charge < -0.3 is 30.8 Å². The number of carboxylic acid groups (broad SMARTS) is 1. The lowest BCUT2D eigenvalue weighted by Crippen LogP contribution is -2.44. The second kappa shape index (κ2) is 13.2. The average Bonchev–Trinajstić information content (AvgIpc) is 3.26. The number of allylic oxidation sites excluding steroid dienone is 1. The maximum Gasteiger partial charge on any atom is 0.417 e. The average molecular weight is 553 g/mol. The Bertz CT molecular complexity index is 1500. The molecule has 1 unspecified atom stereocenters. The fourth-order valence-corrected chi connectivity index (χ4v) is 4.19. The Kier molecular flexibility index (Phi) is 9.79. The van der Waals surface area contributed by atoms with Crippen molar-refractivity contribution in [3.05, 3.63) is 70.4 Å². The minimum Gasteiger partial charge on any atom is -0.464 e. The van der Waals surface area contributed by atoms with Gasteiger partial charge in [-0.3, -0.25) is 14.4 Å². The quantitative estimate of drug-likeness (QED) is 0.261. The van der Waals surface area contributed by atoms with E-state index < -0.39 is 35.6 Å². The van der Waals surface area contributed by atoms with Crippen LogP contribution in [0, 0.1) is 5.92 Å². The molecule has 0 bridgehead atoms. The molecule has 2 aromatic heterocycles. The Morgan fingerprint density at radius 3 is 2.58 bits per heavy atom. The SMILES string of the molecule is COC(=O)NC(CCC=CC(N)=O)C(=O)Nc1cccn(Cc2nc3c(CC(C)C)cccc3n2C(=O)O)c1=O. The summed E-state index contributed by atoms with van der Waals surface area (Å²) in [4.78, 5) is 65.6. The molecule has 40 heavy (non-hydrogen) atoms. The molecule has 0 aliphatic rings. The summed E-state index contributed by atoms with van der Waals surface area (Å²) in [5, 5.41) is 14.8. The van der Waals surface area contributed by atoms with Crippen molar-refractivity contribution in [3.63, 3.8) is 0 Å². The first-order valence-electron chi connectivity index (χ1n) is 12.5. The summed E-state index contributed by atoms with van der Waals surface area (Å²) in [5.41, 5.74) is 6.24. The molecule has 3 amide bonds. The Morgan fingerprint density at radius 1 is 1.18 bits per heavy atom. The van der Waals surface area contributed by atoms with Gasteiger partial charge in [-0.2, -0.15) is 0 Å². The van der Waals surface area contributed by atoms with Crippen LogP contribution in [-0.2, 0) is 27.3 Å². The van der Waals surface area contributed by atoms with Crippen LogP contribution >= 0.6 is 0 Å². The number of amides is 3. The van der Waals surface area contributed by atoms with Crippen molar-refractivity contribution in [2.45, 2.75) is 45.7 Å². The highest BCUT2D eigenvalue weighted by Crippen LogP contribution is 2.23. The summed E-state index contributed by atoms with van der Waals surface area (Å²) in [7, 11) is 1.14. The molecule has 1 aromatic carbocycles. The number of fused-ring (bicyclic) bond motifs is 1. The van der Waals surface area contributed by atoms with E-state index in [0.717, 1.165) is 23.3 Å². The second-order valence-electron chi connectivity index (χ2n) is 9.44. The molecule has 3 aromatic rings. The molecule has 0 fully saturated rings. The van der Waals surface area contributed by atoms with E-state index in [2.05, 4.69) is 34.2 Å². The lowest BCUT2D eigenvalue weighted by molar-refractivity contribution is -0.118. The summed E-state index contributed by atoms with van der Waals surface area (Å²) in [5.74, 6) is -0.887. The van der Waals surface area contributed by atoms with E-state index in [1.807, 2.05) is 6.07 Å². The van der Waals surface area contributed by atoms with Crippen LogP contribution in [0.5, 0.6) is 0 Å². The number of nitrogens with one attached hydrogen (secondary N) is 2. The summed E-state index contributed by atoms with van der Waals surface area (Å²) in [6.45, 7) is 3.93. The van der Waals surface area contributed by atoms with Crippen LogP contribution in [0.25, 0.3) is 11.0 Å². The smallest absolute Gasteiger partial charge is 0.417 e. The van der Waals surface area contributed by atoms with Crippen LogP contribution in [0.3, 0.4) is 0 Å². The van der Waals surface area contributed by atoms with Gasteiger partial charge in [-0.25, -0.2) is 19.1 Å². The molecule has 0 saturated heterocycles. The van der Waals surface area contributed by atoms with E-state index in [4.69, 9.17) is 5.73 Å². The number of primary amides is 1. The minimum absolute atomic E-state index is 0.0877. The number of hydrogen-bond donors (Lipinski definition) is 4. The van der Waals surface area contributed by atoms with Crippen LogP contribution in [0.1, 0.15) is 38.1 Å². The predicted molar refractivity (Wildman–Crippen MR) is 147 cm³/mol. The number of imidazole rings is 1. The summed E-state index contributed by atoms with van der Waals surface area (Å²) < 4.78 is 6.86. The molecule has 3 rings (SSSR count). The first-order chi connectivity index (χ1) is 19.0. The number of alkyl carbamates (subject to hydrolysis) is 1. The highest BCUT2D eigenvalue weighted by atomic mass is 16.5. The molecule has 0 spiro atoms. The van der Waals surface area contributed by atoms with Gasteiger partial charge in [-0.05, 0) is 55.0 Å². The number of aromatic nitrogens is 3. The van der Waals surface area contributed by atoms with E-state index in [-0.39, 0.29) is 30.9 Å². The number of hydrogen-bond acceptors (Lipinski definition) is 7. The van der Waals surface area contributed by atoms with Gasteiger partial charge in [-0.15, -0.1) is 0 Å². The van der Waals surface area contributed by atoms with Gasteiger partial charge in [0.2, 0.25) is 11.8 Å². The fourth-order valence-electron chi connectivity index (χ4n) is 4.19. The number of carbonyl (C=O) groups excluding carboxylic acids is 3.